The number of aromatic nitrogens is 4. The van der Waals surface area contributed by atoms with Crippen LogP contribution >= 0.6 is 11.3 Å². The molecule has 0 aliphatic carbocycles. The maximum atomic E-state index is 14.9. The van der Waals surface area contributed by atoms with E-state index in [4.69, 9.17) is 0 Å². The van der Waals surface area contributed by atoms with Crippen LogP contribution in [0.3, 0.4) is 0 Å². The van der Waals surface area contributed by atoms with Crippen molar-refractivity contribution in [3.05, 3.63) is 69.8 Å². The zero-order chi connectivity index (χ0) is 22.2. The molecule has 0 amide bonds. The van der Waals surface area contributed by atoms with E-state index in [1.807, 2.05) is 18.2 Å². The summed E-state index contributed by atoms with van der Waals surface area (Å²) in [5.41, 5.74) is -1.08. The third kappa shape index (κ3) is 3.56. The summed E-state index contributed by atoms with van der Waals surface area (Å²) in [5.74, 6) is -0.872. The minimum absolute atomic E-state index is 0.102. The molecule has 1 fully saturated rings. The highest BCUT2D eigenvalue weighted by Gasteiger charge is 2.31. The number of nitrogens with one attached hydrogen (secondary N) is 1. The summed E-state index contributed by atoms with van der Waals surface area (Å²) in [6.45, 7) is 1.86. The molecule has 2 N–H and O–H groups in total. The lowest BCUT2D eigenvalue weighted by atomic mass is 10.00. The monoisotopic (exact) mass is 452 g/mol. The van der Waals surface area contributed by atoms with Gasteiger partial charge < -0.3 is 15.3 Å². The van der Waals surface area contributed by atoms with Gasteiger partial charge in [0.05, 0.1) is 5.39 Å². The first-order valence-electron chi connectivity index (χ1n) is 9.80. The second-order valence-corrected chi connectivity index (χ2v) is 8.27. The van der Waals surface area contributed by atoms with Gasteiger partial charge in [0.2, 0.25) is 5.43 Å². The van der Waals surface area contributed by atoms with Crippen LogP contribution in [0.5, 0.6) is 0 Å². The largest absolute Gasteiger partial charge is 0.477 e. The van der Waals surface area contributed by atoms with Gasteiger partial charge in [-0.15, -0.1) is 11.3 Å². The highest BCUT2D eigenvalue weighted by molar-refractivity contribution is 7.12. The molecule has 5 rings (SSSR count). The molecule has 0 aromatic carbocycles. The van der Waals surface area contributed by atoms with E-state index in [0.29, 0.717) is 24.8 Å². The number of aromatic carboxylic acids is 1. The predicted octanol–water partition coefficient (Wildman–Crippen LogP) is 2.62. The Hall–Kier alpha value is -3.86. The normalized spacial score (nSPS) is 13.8. The molecule has 0 unspecified atom stereocenters. The summed E-state index contributed by atoms with van der Waals surface area (Å²) in [6.07, 6.45) is 4.46. The molecule has 4 aromatic heterocycles. The van der Waals surface area contributed by atoms with Crippen LogP contribution in [-0.2, 0) is 0 Å². The minimum atomic E-state index is -1.39. The van der Waals surface area contributed by atoms with Crippen LogP contribution in [0, 0.1) is 11.7 Å². The Morgan fingerprint density at radius 1 is 1.28 bits per heavy atom. The van der Waals surface area contributed by atoms with Crippen molar-refractivity contribution in [1.29, 1.82) is 0 Å². The molecule has 0 radical (unpaired) electrons. The fourth-order valence-electron chi connectivity index (χ4n) is 3.66. The van der Waals surface area contributed by atoms with Crippen LogP contribution in [0.25, 0.3) is 16.2 Å². The summed E-state index contributed by atoms with van der Waals surface area (Å²) in [7, 11) is 0. The number of carbonyl (C=O) groups is 1. The molecule has 5 heterocycles. The summed E-state index contributed by atoms with van der Waals surface area (Å²) in [4.78, 5) is 38.8. The van der Waals surface area contributed by atoms with E-state index in [1.165, 1.54) is 22.1 Å². The van der Waals surface area contributed by atoms with Gasteiger partial charge in [-0.05, 0) is 18.2 Å². The molecule has 0 bridgehead atoms. The molecular weight excluding hydrogens is 435 g/mol. The van der Waals surface area contributed by atoms with Crippen LogP contribution in [0.4, 0.5) is 16.0 Å². The fraction of sp³-hybridized carbons (Fsp3) is 0.190. The lowest BCUT2D eigenvalue weighted by molar-refractivity contribution is 0.0695. The van der Waals surface area contributed by atoms with Crippen molar-refractivity contribution >= 4 is 40.0 Å². The smallest absolute Gasteiger partial charge is 0.341 e. The van der Waals surface area contributed by atoms with Crippen molar-refractivity contribution in [1.82, 2.24) is 19.5 Å². The first-order chi connectivity index (χ1) is 15.5. The summed E-state index contributed by atoms with van der Waals surface area (Å²) < 4.78 is 16.3. The van der Waals surface area contributed by atoms with Crippen LogP contribution in [0.15, 0.2) is 53.0 Å². The van der Waals surface area contributed by atoms with Gasteiger partial charge in [-0.25, -0.2) is 24.1 Å². The number of hydrogen-bond donors (Lipinski definition) is 2. The van der Waals surface area contributed by atoms with Gasteiger partial charge in [0.25, 0.3) is 0 Å². The summed E-state index contributed by atoms with van der Waals surface area (Å²) in [6, 6.07) is 6.68. The number of fused-ring (bicyclic) bond motifs is 1. The molecule has 4 aromatic rings. The molecule has 0 spiro atoms. The maximum absolute atomic E-state index is 14.9. The number of halogens is 1. The topological polar surface area (TPSA) is 113 Å². The third-order valence-corrected chi connectivity index (χ3v) is 6.03. The quantitative estimate of drug-likeness (QED) is 0.459. The first-order valence-corrected chi connectivity index (χ1v) is 10.7. The van der Waals surface area contributed by atoms with Gasteiger partial charge in [-0.1, -0.05) is 6.07 Å². The number of carboxylic acids is 1. The molecule has 11 heteroatoms. The van der Waals surface area contributed by atoms with Gasteiger partial charge in [0, 0.05) is 49.5 Å². The van der Waals surface area contributed by atoms with Crippen molar-refractivity contribution in [3.8, 4) is 5.13 Å². The number of thiazole rings is 1. The SMILES string of the molecule is O=C(O)c1cn(-c2nccs2)c2nc(N3CC(CNc4ccccn4)C3)c(F)cc2c1=O. The lowest BCUT2D eigenvalue weighted by Gasteiger charge is -2.40. The molecule has 162 valence electrons. The average Bonchev–Trinajstić information content (AvgIpc) is 3.29. The zero-order valence-electron chi connectivity index (χ0n) is 16.6. The van der Waals surface area contributed by atoms with Crippen molar-refractivity contribution in [2.75, 3.05) is 29.9 Å². The molecule has 0 atom stereocenters. The van der Waals surface area contributed by atoms with E-state index in [1.54, 1.807) is 22.7 Å². The molecule has 1 aliphatic rings. The van der Waals surface area contributed by atoms with Gasteiger partial charge in [0.1, 0.15) is 11.4 Å². The van der Waals surface area contributed by atoms with Crippen LogP contribution in [0.1, 0.15) is 10.4 Å². The molecule has 32 heavy (non-hydrogen) atoms. The van der Waals surface area contributed by atoms with E-state index in [-0.39, 0.29) is 22.8 Å². The minimum Gasteiger partial charge on any atom is -0.477 e. The van der Waals surface area contributed by atoms with Crippen LogP contribution in [0.2, 0.25) is 0 Å². The van der Waals surface area contributed by atoms with E-state index in [0.717, 1.165) is 11.9 Å². The molecule has 1 saturated heterocycles. The Bertz CT molecular complexity index is 1350. The van der Waals surface area contributed by atoms with Crippen molar-refractivity contribution < 1.29 is 14.3 Å². The second-order valence-electron chi connectivity index (χ2n) is 7.39. The number of nitrogens with zero attached hydrogens (tertiary/aromatic N) is 5. The summed E-state index contributed by atoms with van der Waals surface area (Å²) >= 11 is 1.26. The van der Waals surface area contributed by atoms with Crippen molar-refractivity contribution in [3.63, 3.8) is 0 Å². The summed E-state index contributed by atoms with van der Waals surface area (Å²) in [5, 5.41) is 14.7. The molecular formula is C21H17FN6O3S. The van der Waals surface area contributed by atoms with Gasteiger partial charge in [-0.3, -0.25) is 9.36 Å². The highest BCUT2D eigenvalue weighted by atomic mass is 32.1. The van der Waals surface area contributed by atoms with E-state index >= 15 is 0 Å². The first kappa shape index (κ1) is 20.1. The molecule has 9 nitrogen and oxygen atoms in total. The predicted molar refractivity (Wildman–Crippen MR) is 118 cm³/mol. The lowest BCUT2D eigenvalue weighted by Crippen LogP contribution is -2.50. The number of carboxylic acid groups (broad SMARTS) is 1. The number of rotatable bonds is 6. The van der Waals surface area contributed by atoms with E-state index < -0.39 is 22.8 Å². The Morgan fingerprint density at radius 3 is 2.81 bits per heavy atom. The van der Waals surface area contributed by atoms with E-state index in [9.17, 15) is 19.1 Å². The maximum Gasteiger partial charge on any atom is 0.341 e. The number of hydrogen-bond acceptors (Lipinski definition) is 8. The van der Waals surface area contributed by atoms with Gasteiger partial charge >= 0.3 is 5.97 Å². The van der Waals surface area contributed by atoms with Crippen molar-refractivity contribution in [2.24, 2.45) is 5.92 Å². The Morgan fingerprint density at radius 2 is 2.12 bits per heavy atom. The van der Waals surface area contributed by atoms with Gasteiger partial charge in [0.15, 0.2) is 22.4 Å². The van der Waals surface area contributed by atoms with Gasteiger partial charge in [-0.2, -0.15) is 0 Å². The van der Waals surface area contributed by atoms with E-state index in [2.05, 4.69) is 20.3 Å². The fourth-order valence-corrected chi connectivity index (χ4v) is 4.28. The van der Waals surface area contributed by atoms with Crippen LogP contribution < -0.4 is 15.6 Å². The Balaban J connectivity index is 1.46. The molecule has 0 saturated carbocycles. The standard InChI is InChI=1S/C21H17FN6O3S/c22-15-7-13-17(29)14(20(30)31)11-28(21-24-5-6-32-21)18(13)26-19(15)27-9-12(10-27)8-25-16-3-1-2-4-23-16/h1-7,11-12H,8-10H2,(H,23,25)(H,30,31). The Kier molecular flexibility index (Phi) is 5.02. The van der Waals surface area contributed by atoms with Crippen molar-refractivity contribution in [2.45, 2.75) is 0 Å². The zero-order valence-corrected chi connectivity index (χ0v) is 17.4. The average molecular weight is 452 g/mol. The number of pyridine rings is 3. The molecule has 1 aliphatic heterocycles. The second kappa shape index (κ2) is 8.00. The highest BCUT2D eigenvalue weighted by Crippen LogP contribution is 2.29. The van der Waals surface area contributed by atoms with Crippen LogP contribution in [-0.4, -0.2) is 50.2 Å². The number of anilines is 2. The third-order valence-electron chi connectivity index (χ3n) is 5.26. The Labute approximate surface area is 184 Å².